The molecule has 0 atom stereocenters. The van der Waals surface area contributed by atoms with Crippen molar-refractivity contribution in [2.45, 2.75) is 31.4 Å². The van der Waals surface area contributed by atoms with Crippen LogP contribution in [0.15, 0.2) is 22.9 Å². The van der Waals surface area contributed by atoms with Crippen molar-refractivity contribution in [3.05, 3.63) is 29.7 Å². The number of nitrogens with zero attached hydrogens (tertiary/aromatic N) is 3. The number of nitrogens with two attached hydrogens (primary N) is 1. The van der Waals surface area contributed by atoms with Crippen molar-refractivity contribution >= 4 is 11.8 Å². The Balaban J connectivity index is 2.08. The highest BCUT2D eigenvalue weighted by molar-refractivity contribution is 7.99. The van der Waals surface area contributed by atoms with Crippen LogP contribution >= 0.6 is 11.8 Å². The van der Waals surface area contributed by atoms with E-state index in [0.717, 1.165) is 11.3 Å². The van der Waals surface area contributed by atoms with Crippen LogP contribution in [0.4, 0.5) is 0 Å². The first-order valence-corrected chi connectivity index (χ1v) is 6.83. The van der Waals surface area contributed by atoms with Crippen LogP contribution in [0.2, 0.25) is 0 Å². The van der Waals surface area contributed by atoms with Crippen molar-refractivity contribution in [3.63, 3.8) is 0 Å². The molecule has 0 aromatic carbocycles. The largest absolute Gasteiger partial charge is 0.332 e. The fraction of sp³-hybridized carbons (Fsp3) is 0.417. The quantitative estimate of drug-likeness (QED) is 0.892. The van der Waals surface area contributed by atoms with Crippen LogP contribution in [0.3, 0.4) is 0 Å². The molecule has 2 aromatic heterocycles. The average molecular weight is 264 g/mol. The molecule has 6 heteroatoms. The first kappa shape index (κ1) is 13.0. The summed E-state index contributed by atoms with van der Waals surface area (Å²) < 4.78 is 5.19. The Labute approximate surface area is 110 Å². The van der Waals surface area contributed by atoms with E-state index in [2.05, 4.69) is 29.0 Å². The van der Waals surface area contributed by atoms with Crippen LogP contribution in [0.5, 0.6) is 0 Å². The van der Waals surface area contributed by atoms with Crippen molar-refractivity contribution in [1.82, 2.24) is 15.1 Å². The fourth-order valence-corrected chi connectivity index (χ4v) is 1.93. The van der Waals surface area contributed by atoms with Gasteiger partial charge >= 0.3 is 0 Å². The number of aromatic nitrogens is 3. The number of hydrogen-bond acceptors (Lipinski definition) is 6. The second kappa shape index (κ2) is 5.97. The molecule has 2 heterocycles. The first-order valence-electron chi connectivity index (χ1n) is 5.78. The first-order chi connectivity index (χ1) is 8.69. The van der Waals surface area contributed by atoms with E-state index in [0.29, 0.717) is 29.2 Å². The molecule has 0 radical (unpaired) electrons. The summed E-state index contributed by atoms with van der Waals surface area (Å²) in [6.45, 7) is 4.75. The van der Waals surface area contributed by atoms with Gasteiger partial charge in [-0.15, -0.1) is 0 Å². The summed E-state index contributed by atoms with van der Waals surface area (Å²) in [5.74, 6) is 1.91. The van der Waals surface area contributed by atoms with Crippen LogP contribution in [0.1, 0.15) is 25.2 Å². The van der Waals surface area contributed by atoms with Crippen LogP contribution in [-0.2, 0) is 12.3 Å². The van der Waals surface area contributed by atoms with Gasteiger partial charge in [0.15, 0.2) is 5.82 Å². The highest BCUT2D eigenvalue weighted by atomic mass is 32.2. The lowest BCUT2D eigenvalue weighted by molar-refractivity contribution is 0.424. The SMILES string of the molecule is CC(C)SCc1noc(-c2ccc(CN)cn2)n1. The van der Waals surface area contributed by atoms with Crippen molar-refractivity contribution in [1.29, 1.82) is 0 Å². The molecule has 0 amide bonds. The van der Waals surface area contributed by atoms with Gasteiger partial charge < -0.3 is 10.3 Å². The standard InChI is InChI=1S/C12H16N4OS/c1-8(2)18-7-11-15-12(17-16-11)10-4-3-9(5-13)6-14-10/h3-4,6,8H,5,7,13H2,1-2H3. The van der Waals surface area contributed by atoms with Gasteiger partial charge in [0.1, 0.15) is 5.69 Å². The van der Waals surface area contributed by atoms with Gasteiger partial charge in [0.25, 0.3) is 5.89 Å². The third kappa shape index (κ3) is 3.30. The summed E-state index contributed by atoms with van der Waals surface area (Å²) in [5.41, 5.74) is 7.18. The van der Waals surface area contributed by atoms with Gasteiger partial charge in [-0.25, -0.2) is 0 Å². The summed E-state index contributed by atoms with van der Waals surface area (Å²) in [7, 11) is 0. The van der Waals surface area contributed by atoms with Crippen molar-refractivity contribution in [2.24, 2.45) is 5.73 Å². The van der Waals surface area contributed by atoms with Crippen molar-refractivity contribution in [3.8, 4) is 11.6 Å². The van der Waals surface area contributed by atoms with E-state index in [9.17, 15) is 0 Å². The van der Waals surface area contributed by atoms with Gasteiger partial charge in [-0.05, 0) is 16.9 Å². The molecule has 2 rings (SSSR count). The minimum atomic E-state index is 0.456. The third-order valence-electron chi connectivity index (χ3n) is 2.29. The lowest BCUT2D eigenvalue weighted by Gasteiger charge is -1.99. The maximum atomic E-state index is 5.52. The third-order valence-corrected chi connectivity index (χ3v) is 3.38. The summed E-state index contributed by atoms with van der Waals surface area (Å²) >= 11 is 1.78. The molecular weight excluding hydrogens is 248 g/mol. The highest BCUT2D eigenvalue weighted by Gasteiger charge is 2.10. The monoisotopic (exact) mass is 264 g/mol. The molecule has 0 saturated heterocycles. The van der Waals surface area contributed by atoms with Gasteiger partial charge in [0.05, 0.1) is 5.75 Å². The van der Waals surface area contributed by atoms with Crippen LogP contribution in [-0.4, -0.2) is 20.4 Å². The maximum absolute atomic E-state index is 5.52. The molecule has 0 unspecified atom stereocenters. The lowest BCUT2D eigenvalue weighted by atomic mass is 10.2. The number of pyridine rings is 1. The predicted octanol–water partition coefficient (Wildman–Crippen LogP) is 2.23. The minimum Gasteiger partial charge on any atom is -0.332 e. The average Bonchev–Trinajstić information content (AvgIpc) is 2.85. The zero-order valence-corrected chi connectivity index (χ0v) is 11.3. The molecule has 0 fully saturated rings. The second-order valence-corrected chi connectivity index (χ2v) is 5.70. The van der Waals surface area contributed by atoms with Crippen LogP contribution in [0, 0.1) is 0 Å². The van der Waals surface area contributed by atoms with Crippen molar-refractivity contribution in [2.75, 3.05) is 0 Å². The molecule has 96 valence electrons. The molecule has 0 aliphatic heterocycles. The molecule has 0 bridgehead atoms. The Morgan fingerprint density at radius 2 is 2.22 bits per heavy atom. The molecule has 0 aliphatic rings. The van der Waals surface area contributed by atoms with Crippen LogP contribution < -0.4 is 5.73 Å². The zero-order chi connectivity index (χ0) is 13.0. The smallest absolute Gasteiger partial charge is 0.276 e. The Kier molecular flexibility index (Phi) is 4.33. The lowest BCUT2D eigenvalue weighted by Crippen LogP contribution is -1.97. The fourth-order valence-electron chi connectivity index (χ4n) is 1.33. The Hall–Kier alpha value is -1.40. The molecular formula is C12H16N4OS. The highest BCUT2D eigenvalue weighted by Crippen LogP contribution is 2.19. The maximum Gasteiger partial charge on any atom is 0.276 e. The molecule has 18 heavy (non-hydrogen) atoms. The molecule has 2 aromatic rings. The Morgan fingerprint density at radius 1 is 1.39 bits per heavy atom. The number of thioether (sulfide) groups is 1. The topological polar surface area (TPSA) is 77.8 Å². The van der Waals surface area contributed by atoms with Gasteiger partial charge in [-0.2, -0.15) is 16.7 Å². The van der Waals surface area contributed by atoms with E-state index >= 15 is 0 Å². The predicted molar refractivity (Wildman–Crippen MR) is 71.9 cm³/mol. The van der Waals surface area contributed by atoms with E-state index in [4.69, 9.17) is 10.3 Å². The minimum absolute atomic E-state index is 0.456. The Morgan fingerprint density at radius 3 is 2.83 bits per heavy atom. The molecule has 5 nitrogen and oxygen atoms in total. The molecule has 0 saturated carbocycles. The summed E-state index contributed by atoms with van der Waals surface area (Å²) in [5, 5.41) is 4.49. The Bertz CT molecular complexity index is 495. The molecule has 0 spiro atoms. The number of hydrogen-bond donors (Lipinski definition) is 1. The van der Waals surface area contributed by atoms with Gasteiger partial charge in [-0.3, -0.25) is 4.98 Å². The molecule has 2 N–H and O–H groups in total. The van der Waals surface area contributed by atoms with E-state index in [-0.39, 0.29) is 0 Å². The van der Waals surface area contributed by atoms with E-state index in [1.54, 1.807) is 18.0 Å². The molecule has 0 aliphatic carbocycles. The normalized spacial score (nSPS) is 11.1. The van der Waals surface area contributed by atoms with Crippen LogP contribution in [0.25, 0.3) is 11.6 Å². The number of rotatable bonds is 5. The second-order valence-electron chi connectivity index (χ2n) is 4.13. The van der Waals surface area contributed by atoms with Crippen molar-refractivity contribution < 1.29 is 4.52 Å². The zero-order valence-electron chi connectivity index (χ0n) is 10.5. The summed E-state index contributed by atoms with van der Waals surface area (Å²) in [6.07, 6.45) is 1.72. The van der Waals surface area contributed by atoms with Gasteiger partial charge in [0.2, 0.25) is 0 Å². The van der Waals surface area contributed by atoms with E-state index < -0.39 is 0 Å². The summed E-state index contributed by atoms with van der Waals surface area (Å²) in [6, 6.07) is 3.75. The van der Waals surface area contributed by atoms with E-state index in [1.807, 2.05) is 12.1 Å². The van der Waals surface area contributed by atoms with Gasteiger partial charge in [0, 0.05) is 12.7 Å². The van der Waals surface area contributed by atoms with Gasteiger partial charge in [-0.1, -0.05) is 25.1 Å². The van der Waals surface area contributed by atoms with E-state index in [1.165, 1.54) is 0 Å². The summed E-state index contributed by atoms with van der Waals surface area (Å²) in [4.78, 5) is 8.56.